The Kier molecular flexibility index (Phi) is 6.19. The molecule has 9 nitrogen and oxygen atoms in total. The van der Waals surface area contributed by atoms with Crippen LogP contribution in [0.3, 0.4) is 0 Å². The molecule has 3 aromatic heterocycles. The van der Waals surface area contributed by atoms with Crippen molar-refractivity contribution in [1.82, 2.24) is 19.8 Å². The number of nitro groups is 1. The van der Waals surface area contributed by atoms with Crippen LogP contribution < -0.4 is 10.1 Å². The van der Waals surface area contributed by atoms with E-state index in [0.717, 1.165) is 28.4 Å². The van der Waals surface area contributed by atoms with Crippen molar-refractivity contribution in [2.75, 3.05) is 7.11 Å². The van der Waals surface area contributed by atoms with E-state index in [9.17, 15) is 10.1 Å². The van der Waals surface area contributed by atoms with Crippen LogP contribution in [-0.4, -0.2) is 31.6 Å². The monoisotopic (exact) mass is 503 g/mol. The fourth-order valence-corrected chi connectivity index (χ4v) is 5.21. The van der Waals surface area contributed by atoms with Crippen LogP contribution in [-0.2, 0) is 6.54 Å². The van der Waals surface area contributed by atoms with Crippen molar-refractivity contribution in [2.24, 2.45) is 0 Å². The standard InChI is InChI=1S/C26H25N5O4S/c1-16-13-20(17(2)30(16)22-14-18(31(32)33)9-10-23(22)34-3)25-24(21-8-4-5-11-27-21)28-26(36)29(25)15-19-7-6-12-35-19/h4-14,24-25H,15H2,1-3H3,(H,28,36)/t24-,25+/m0/s1. The van der Waals surface area contributed by atoms with Gasteiger partial charge in [-0.3, -0.25) is 15.1 Å². The van der Waals surface area contributed by atoms with E-state index >= 15 is 0 Å². The topological polar surface area (TPSA) is 98.6 Å². The number of nitrogens with one attached hydrogen (secondary N) is 1. The zero-order valence-corrected chi connectivity index (χ0v) is 20.9. The number of methoxy groups -OCH3 is 1. The summed E-state index contributed by atoms with van der Waals surface area (Å²) in [6.07, 6.45) is 3.41. The van der Waals surface area contributed by atoms with Crippen molar-refractivity contribution in [3.63, 3.8) is 0 Å². The number of non-ortho nitro benzene ring substituents is 1. The van der Waals surface area contributed by atoms with E-state index in [1.807, 2.05) is 48.7 Å². The second-order valence-corrected chi connectivity index (χ2v) is 9.00. The maximum Gasteiger partial charge on any atom is 0.271 e. The number of aromatic nitrogens is 2. The summed E-state index contributed by atoms with van der Waals surface area (Å²) in [5.41, 5.74) is 4.33. The first-order valence-electron chi connectivity index (χ1n) is 11.4. The van der Waals surface area contributed by atoms with Gasteiger partial charge in [0.15, 0.2) is 5.11 Å². The van der Waals surface area contributed by atoms with Crippen molar-refractivity contribution < 1.29 is 14.1 Å². The summed E-state index contributed by atoms with van der Waals surface area (Å²) in [7, 11) is 1.56. The number of rotatable bonds is 7. The highest BCUT2D eigenvalue weighted by atomic mass is 32.1. The molecule has 0 unspecified atom stereocenters. The quantitative estimate of drug-likeness (QED) is 0.209. The molecule has 0 saturated carbocycles. The molecule has 1 aromatic carbocycles. The molecule has 1 aliphatic rings. The number of nitro benzene ring substituents is 1. The maximum absolute atomic E-state index is 11.5. The third-order valence-electron chi connectivity index (χ3n) is 6.51. The Bertz CT molecular complexity index is 1420. The van der Waals surface area contributed by atoms with Crippen molar-refractivity contribution in [3.05, 3.63) is 106 Å². The lowest BCUT2D eigenvalue weighted by atomic mass is 9.96. The number of furan rings is 1. The normalized spacial score (nSPS) is 17.3. The minimum Gasteiger partial charge on any atom is -0.495 e. The number of pyridine rings is 1. The second-order valence-electron chi connectivity index (χ2n) is 8.61. The van der Waals surface area contributed by atoms with Gasteiger partial charge in [0.1, 0.15) is 11.5 Å². The zero-order valence-electron chi connectivity index (χ0n) is 20.0. The van der Waals surface area contributed by atoms with Gasteiger partial charge < -0.3 is 23.9 Å². The Balaban J connectivity index is 1.66. The number of aryl methyl sites for hydroxylation is 1. The fourth-order valence-electron chi connectivity index (χ4n) is 4.91. The molecule has 0 aliphatic carbocycles. The van der Waals surface area contributed by atoms with Gasteiger partial charge >= 0.3 is 0 Å². The minimum atomic E-state index is -0.403. The van der Waals surface area contributed by atoms with E-state index in [1.54, 1.807) is 25.6 Å². The molecule has 1 N–H and O–H groups in total. The lowest BCUT2D eigenvalue weighted by Gasteiger charge is -2.27. The number of thiocarbonyl (C=S) groups is 1. The van der Waals surface area contributed by atoms with Crippen molar-refractivity contribution in [2.45, 2.75) is 32.5 Å². The lowest BCUT2D eigenvalue weighted by Crippen LogP contribution is -2.29. The highest BCUT2D eigenvalue weighted by Gasteiger charge is 2.41. The Morgan fingerprint density at radius 3 is 2.69 bits per heavy atom. The first-order valence-corrected chi connectivity index (χ1v) is 11.8. The van der Waals surface area contributed by atoms with Gasteiger partial charge in [-0.25, -0.2) is 0 Å². The van der Waals surface area contributed by atoms with Crippen molar-refractivity contribution in [1.29, 1.82) is 0 Å². The smallest absolute Gasteiger partial charge is 0.271 e. The van der Waals surface area contributed by atoms with E-state index in [0.29, 0.717) is 23.1 Å². The van der Waals surface area contributed by atoms with Gasteiger partial charge in [-0.2, -0.15) is 0 Å². The Morgan fingerprint density at radius 1 is 1.19 bits per heavy atom. The van der Waals surface area contributed by atoms with Crippen LogP contribution in [0.4, 0.5) is 5.69 Å². The molecule has 0 radical (unpaired) electrons. The number of hydrogen-bond donors (Lipinski definition) is 1. The first-order chi connectivity index (χ1) is 17.4. The fraction of sp³-hybridized carbons (Fsp3) is 0.231. The molecule has 1 aliphatic heterocycles. The molecule has 184 valence electrons. The molecule has 0 spiro atoms. The highest BCUT2D eigenvalue weighted by molar-refractivity contribution is 7.80. The number of benzene rings is 1. The van der Waals surface area contributed by atoms with E-state index in [1.165, 1.54) is 12.1 Å². The number of ether oxygens (including phenoxy) is 1. The molecular formula is C26H25N5O4S. The van der Waals surface area contributed by atoms with Gasteiger partial charge in [-0.05, 0) is 68.0 Å². The molecule has 36 heavy (non-hydrogen) atoms. The van der Waals surface area contributed by atoms with Crippen LogP contribution >= 0.6 is 12.2 Å². The Morgan fingerprint density at radius 2 is 2.03 bits per heavy atom. The third kappa shape index (κ3) is 4.09. The van der Waals surface area contributed by atoms with Crippen LogP contribution in [0.5, 0.6) is 5.75 Å². The van der Waals surface area contributed by atoms with E-state index < -0.39 is 4.92 Å². The average Bonchev–Trinajstić information content (AvgIpc) is 3.58. The van der Waals surface area contributed by atoms with E-state index in [-0.39, 0.29) is 17.8 Å². The summed E-state index contributed by atoms with van der Waals surface area (Å²) in [5, 5.41) is 15.6. The summed E-state index contributed by atoms with van der Waals surface area (Å²) >= 11 is 5.77. The summed E-state index contributed by atoms with van der Waals surface area (Å²) < 4.78 is 13.2. The molecule has 1 fully saturated rings. The summed E-state index contributed by atoms with van der Waals surface area (Å²) in [5.74, 6) is 1.34. The molecule has 5 rings (SSSR count). The summed E-state index contributed by atoms with van der Waals surface area (Å²) in [6, 6.07) is 15.9. The SMILES string of the molecule is COc1ccc([N+](=O)[O-])cc1-n1c(C)cc([C@@H]2[C@H](c3ccccn3)NC(=S)N2Cc2ccco2)c1C. The van der Waals surface area contributed by atoms with Gasteiger partial charge in [-0.1, -0.05) is 6.07 Å². The van der Waals surface area contributed by atoms with Crippen LogP contribution in [0.2, 0.25) is 0 Å². The molecule has 2 atom stereocenters. The van der Waals surface area contributed by atoms with Crippen LogP contribution in [0.15, 0.2) is 71.5 Å². The maximum atomic E-state index is 11.5. The summed E-state index contributed by atoms with van der Waals surface area (Å²) in [4.78, 5) is 17.8. The van der Waals surface area contributed by atoms with Gasteiger partial charge in [-0.15, -0.1) is 0 Å². The van der Waals surface area contributed by atoms with Gasteiger partial charge in [0, 0.05) is 29.7 Å². The minimum absolute atomic E-state index is 0.00521. The molecular weight excluding hydrogens is 478 g/mol. The Hall–Kier alpha value is -4.18. The predicted molar refractivity (Wildman–Crippen MR) is 138 cm³/mol. The summed E-state index contributed by atoms with van der Waals surface area (Å²) in [6.45, 7) is 4.46. The molecule has 1 saturated heterocycles. The predicted octanol–water partition coefficient (Wildman–Crippen LogP) is 5.17. The molecule has 0 amide bonds. The van der Waals surface area contributed by atoms with Gasteiger partial charge in [0.05, 0.1) is 48.3 Å². The first kappa shape index (κ1) is 23.6. The largest absolute Gasteiger partial charge is 0.495 e. The second kappa shape index (κ2) is 9.46. The lowest BCUT2D eigenvalue weighted by molar-refractivity contribution is -0.384. The number of hydrogen-bond acceptors (Lipinski definition) is 6. The van der Waals surface area contributed by atoms with Gasteiger partial charge in [0.25, 0.3) is 5.69 Å². The van der Waals surface area contributed by atoms with Crippen LogP contribution in [0, 0.1) is 24.0 Å². The number of nitrogens with zero attached hydrogens (tertiary/aromatic N) is 4. The van der Waals surface area contributed by atoms with Gasteiger partial charge in [0.2, 0.25) is 0 Å². The van der Waals surface area contributed by atoms with Crippen LogP contribution in [0.25, 0.3) is 5.69 Å². The third-order valence-corrected chi connectivity index (χ3v) is 6.86. The average molecular weight is 504 g/mol. The van der Waals surface area contributed by atoms with Crippen LogP contribution in [0.1, 0.15) is 40.5 Å². The molecule has 4 aromatic rings. The van der Waals surface area contributed by atoms with Crippen molar-refractivity contribution >= 4 is 23.0 Å². The molecule has 10 heteroatoms. The molecule has 4 heterocycles. The van der Waals surface area contributed by atoms with E-state index in [2.05, 4.69) is 21.3 Å². The highest BCUT2D eigenvalue weighted by Crippen LogP contribution is 2.43. The molecule has 0 bridgehead atoms. The van der Waals surface area contributed by atoms with Crippen molar-refractivity contribution in [3.8, 4) is 11.4 Å². The van der Waals surface area contributed by atoms with E-state index in [4.69, 9.17) is 21.4 Å². The Labute approximate surface area is 213 Å². The zero-order chi connectivity index (χ0) is 25.4.